The van der Waals surface area contributed by atoms with Gasteiger partial charge in [0.25, 0.3) is 0 Å². The van der Waals surface area contributed by atoms with Gasteiger partial charge < -0.3 is 16.4 Å². The van der Waals surface area contributed by atoms with E-state index in [2.05, 4.69) is 15.6 Å². The number of pyridine rings is 1. The topological polar surface area (TPSA) is 80.0 Å². The van der Waals surface area contributed by atoms with Gasteiger partial charge in [-0.15, -0.1) is 0 Å². The molecule has 1 aliphatic heterocycles. The van der Waals surface area contributed by atoms with Crippen molar-refractivity contribution in [1.82, 2.24) is 15.6 Å². The van der Waals surface area contributed by atoms with Crippen LogP contribution >= 0.6 is 0 Å². The molecule has 1 saturated heterocycles. The minimum atomic E-state index is -0.484. The van der Waals surface area contributed by atoms with E-state index in [1.165, 1.54) is 0 Å². The predicted molar refractivity (Wildman–Crippen MR) is 77.8 cm³/mol. The molecule has 20 heavy (non-hydrogen) atoms. The second-order valence-corrected chi connectivity index (χ2v) is 5.12. The van der Waals surface area contributed by atoms with Crippen LogP contribution < -0.4 is 16.4 Å². The number of amides is 1. The largest absolute Gasteiger partial charge is 0.336 e. The van der Waals surface area contributed by atoms with Crippen molar-refractivity contribution in [3.8, 4) is 0 Å². The molecule has 2 atom stereocenters. The first-order valence-electron chi connectivity index (χ1n) is 6.87. The van der Waals surface area contributed by atoms with E-state index in [0.29, 0.717) is 0 Å². The van der Waals surface area contributed by atoms with Crippen LogP contribution in [-0.4, -0.2) is 23.5 Å². The van der Waals surface area contributed by atoms with Gasteiger partial charge >= 0.3 is 0 Å². The van der Waals surface area contributed by atoms with Gasteiger partial charge in [0.2, 0.25) is 5.91 Å². The smallest absolute Gasteiger partial charge is 0.238 e. The summed E-state index contributed by atoms with van der Waals surface area (Å²) in [5.74, 6) is -0.0233. The lowest BCUT2D eigenvalue weighted by atomic mass is 10.1. The van der Waals surface area contributed by atoms with E-state index in [1.54, 1.807) is 6.20 Å². The second kappa shape index (κ2) is 5.56. The summed E-state index contributed by atoms with van der Waals surface area (Å²) in [7, 11) is 0. The van der Waals surface area contributed by atoms with Gasteiger partial charge in [-0.05, 0) is 42.5 Å². The third kappa shape index (κ3) is 2.64. The predicted octanol–water partition coefficient (Wildman–Crippen LogP) is 1.06. The van der Waals surface area contributed by atoms with Gasteiger partial charge in [0.15, 0.2) is 0 Å². The highest BCUT2D eigenvalue weighted by molar-refractivity contribution is 5.84. The van der Waals surface area contributed by atoms with Crippen LogP contribution in [0.5, 0.6) is 0 Å². The summed E-state index contributed by atoms with van der Waals surface area (Å²) in [4.78, 5) is 16.1. The fourth-order valence-electron chi connectivity index (χ4n) is 2.54. The molecule has 1 fully saturated rings. The SMILES string of the molecule is NC(NC(=O)C1CCCN1)c1ccc2cnccc2c1. The zero-order valence-corrected chi connectivity index (χ0v) is 11.2. The Morgan fingerprint density at radius 1 is 1.40 bits per heavy atom. The van der Waals surface area contributed by atoms with Crippen LogP contribution in [0.15, 0.2) is 36.7 Å². The van der Waals surface area contributed by atoms with Gasteiger partial charge in [0.05, 0.1) is 6.04 Å². The molecule has 5 nitrogen and oxygen atoms in total. The fourth-order valence-corrected chi connectivity index (χ4v) is 2.54. The molecular formula is C15H18N4O. The molecule has 1 aliphatic rings. The molecule has 0 saturated carbocycles. The molecule has 1 aromatic carbocycles. The Bertz CT molecular complexity index is 622. The fraction of sp³-hybridized carbons (Fsp3) is 0.333. The van der Waals surface area contributed by atoms with Gasteiger partial charge in [-0.3, -0.25) is 9.78 Å². The van der Waals surface area contributed by atoms with E-state index >= 15 is 0 Å². The first kappa shape index (κ1) is 13.0. The van der Waals surface area contributed by atoms with Crippen molar-refractivity contribution in [3.05, 3.63) is 42.2 Å². The molecular weight excluding hydrogens is 252 g/mol. The van der Waals surface area contributed by atoms with Crippen LogP contribution in [0.4, 0.5) is 0 Å². The zero-order chi connectivity index (χ0) is 13.9. The number of nitrogens with zero attached hydrogens (tertiary/aromatic N) is 1. The quantitative estimate of drug-likeness (QED) is 0.729. The van der Waals surface area contributed by atoms with Crippen molar-refractivity contribution in [1.29, 1.82) is 0 Å². The number of carbonyl (C=O) groups is 1. The molecule has 2 aromatic rings. The Hall–Kier alpha value is -1.98. The highest BCUT2D eigenvalue weighted by Gasteiger charge is 2.23. The Morgan fingerprint density at radius 3 is 3.10 bits per heavy atom. The average molecular weight is 270 g/mol. The number of hydrogen-bond donors (Lipinski definition) is 3. The summed E-state index contributed by atoms with van der Waals surface area (Å²) in [5, 5.41) is 8.16. The number of rotatable bonds is 3. The van der Waals surface area contributed by atoms with Gasteiger partial charge in [0.1, 0.15) is 6.17 Å². The Labute approximate surface area is 117 Å². The number of nitrogens with two attached hydrogens (primary N) is 1. The van der Waals surface area contributed by atoms with Gasteiger partial charge in [0, 0.05) is 17.8 Å². The van der Waals surface area contributed by atoms with Crippen molar-refractivity contribution in [2.24, 2.45) is 5.73 Å². The molecule has 5 heteroatoms. The number of hydrogen-bond acceptors (Lipinski definition) is 4. The summed E-state index contributed by atoms with van der Waals surface area (Å²) in [6.45, 7) is 0.899. The van der Waals surface area contributed by atoms with Crippen LogP contribution in [0.25, 0.3) is 10.8 Å². The van der Waals surface area contributed by atoms with E-state index in [9.17, 15) is 4.79 Å². The molecule has 1 amide bonds. The van der Waals surface area contributed by atoms with Gasteiger partial charge in [-0.25, -0.2) is 0 Å². The molecule has 2 heterocycles. The van der Waals surface area contributed by atoms with E-state index in [4.69, 9.17) is 5.73 Å². The zero-order valence-electron chi connectivity index (χ0n) is 11.2. The first-order valence-corrected chi connectivity index (χ1v) is 6.87. The third-order valence-corrected chi connectivity index (χ3v) is 3.70. The van der Waals surface area contributed by atoms with Gasteiger partial charge in [-0.2, -0.15) is 0 Å². The summed E-state index contributed by atoms with van der Waals surface area (Å²) in [5.41, 5.74) is 6.98. The van der Waals surface area contributed by atoms with Crippen molar-refractivity contribution in [2.75, 3.05) is 6.54 Å². The highest BCUT2D eigenvalue weighted by atomic mass is 16.2. The molecule has 104 valence electrons. The molecule has 0 radical (unpaired) electrons. The number of benzene rings is 1. The number of fused-ring (bicyclic) bond motifs is 1. The van der Waals surface area contributed by atoms with Gasteiger partial charge in [-0.1, -0.05) is 12.1 Å². The van der Waals surface area contributed by atoms with Crippen LogP contribution in [0.2, 0.25) is 0 Å². The standard InChI is InChI=1S/C15H18N4O/c16-14(19-15(20)13-2-1-6-18-13)11-3-4-12-9-17-7-5-10(12)8-11/h3-5,7-9,13-14,18H,1-2,6,16H2,(H,19,20). The third-order valence-electron chi connectivity index (χ3n) is 3.70. The van der Waals surface area contributed by atoms with E-state index < -0.39 is 6.17 Å². The summed E-state index contributed by atoms with van der Waals surface area (Å²) < 4.78 is 0. The molecule has 0 spiro atoms. The second-order valence-electron chi connectivity index (χ2n) is 5.12. The van der Waals surface area contributed by atoms with Crippen LogP contribution in [-0.2, 0) is 4.79 Å². The number of carbonyl (C=O) groups excluding carboxylic acids is 1. The lowest BCUT2D eigenvalue weighted by Crippen LogP contribution is -2.44. The summed E-state index contributed by atoms with van der Waals surface area (Å²) in [6, 6.07) is 7.72. The van der Waals surface area contributed by atoms with Crippen molar-refractivity contribution in [3.63, 3.8) is 0 Å². The van der Waals surface area contributed by atoms with Crippen molar-refractivity contribution in [2.45, 2.75) is 25.0 Å². The lowest BCUT2D eigenvalue weighted by Gasteiger charge is -2.18. The first-order chi connectivity index (χ1) is 9.74. The lowest BCUT2D eigenvalue weighted by molar-refractivity contribution is -0.123. The van der Waals surface area contributed by atoms with Crippen molar-refractivity contribution < 1.29 is 4.79 Å². The van der Waals surface area contributed by atoms with Crippen LogP contribution in [0.3, 0.4) is 0 Å². The summed E-state index contributed by atoms with van der Waals surface area (Å²) >= 11 is 0. The Kier molecular flexibility index (Phi) is 3.62. The van der Waals surface area contributed by atoms with E-state index in [0.717, 1.165) is 35.7 Å². The van der Waals surface area contributed by atoms with Crippen molar-refractivity contribution >= 4 is 16.7 Å². The highest BCUT2D eigenvalue weighted by Crippen LogP contribution is 2.17. The molecule has 3 rings (SSSR count). The van der Waals surface area contributed by atoms with Crippen LogP contribution in [0.1, 0.15) is 24.6 Å². The minimum Gasteiger partial charge on any atom is -0.336 e. The van der Waals surface area contributed by atoms with E-state index in [1.807, 2.05) is 30.5 Å². The Morgan fingerprint density at radius 2 is 2.30 bits per heavy atom. The summed E-state index contributed by atoms with van der Waals surface area (Å²) in [6.07, 6.45) is 4.99. The molecule has 2 unspecified atom stereocenters. The maximum atomic E-state index is 12.0. The molecule has 4 N–H and O–H groups in total. The maximum Gasteiger partial charge on any atom is 0.238 e. The number of nitrogens with one attached hydrogen (secondary N) is 2. The van der Waals surface area contributed by atoms with Crippen LogP contribution in [0, 0.1) is 0 Å². The average Bonchev–Trinajstić information content (AvgIpc) is 3.01. The molecule has 0 aliphatic carbocycles. The Balaban J connectivity index is 1.74. The minimum absolute atomic E-state index is 0.0233. The number of aromatic nitrogens is 1. The maximum absolute atomic E-state index is 12.0. The monoisotopic (exact) mass is 270 g/mol. The molecule has 1 aromatic heterocycles. The van der Waals surface area contributed by atoms with E-state index in [-0.39, 0.29) is 11.9 Å². The molecule has 0 bridgehead atoms. The normalized spacial score (nSPS) is 19.9.